The molecule has 1 aliphatic carbocycles. The van der Waals surface area contributed by atoms with Gasteiger partial charge in [-0.15, -0.1) is 0 Å². The van der Waals surface area contributed by atoms with E-state index in [0.29, 0.717) is 12.0 Å². The van der Waals surface area contributed by atoms with E-state index < -0.39 is 6.10 Å². The van der Waals surface area contributed by atoms with Gasteiger partial charge in [0.2, 0.25) is 0 Å². The largest absolute Gasteiger partial charge is 0.458 e. The Morgan fingerprint density at radius 3 is 2.84 bits per heavy atom. The van der Waals surface area contributed by atoms with Crippen LogP contribution in [0.25, 0.3) is 0 Å². The van der Waals surface area contributed by atoms with Crippen molar-refractivity contribution in [3.63, 3.8) is 0 Å². The zero-order chi connectivity index (χ0) is 14.2. The summed E-state index contributed by atoms with van der Waals surface area (Å²) in [7, 11) is 0. The highest BCUT2D eigenvalue weighted by molar-refractivity contribution is 5.91. The molecule has 0 amide bonds. The fourth-order valence-corrected chi connectivity index (χ4v) is 3.34. The number of hydrogen-bond donors (Lipinski definition) is 2. The minimum atomic E-state index is -0.689. The number of rotatable bonds is 4. The van der Waals surface area contributed by atoms with Gasteiger partial charge >= 0.3 is 5.97 Å². The molecule has 1 saturated heterocycles. The van der Waals surface area contributed by atoms with Crippen molar-refractivity contribution in [2.24, 2.45) is 11.8 Å². The minimum Gasteiger partial charge on any atom is -0.458 e. The van der Waals surface area contributed by atoms with Crippen LogP contribution in [0.5, 0.6) is 0 Å². The van der Waals surface area contributed by atoms with Crippen LogP contribution >= 0.6 is 0 Å². The van der Waals surface area contributed by atoms with Crippen LogP contribution in [0.1, 0.15) is 33.1 Å². The molecule has 0 spiro atoms. The number of fused-ring (bicyclic) bond motifs is 1. The van der Waals surface area contributed by atoms with Crippen molar-refractivity contribution in [1.29, 1.82) is 0 Å². The Kier molecular flexibility index (Phi) is 4.11. The number of esters is 1. The first-order chi connectivity index (χ1) is 8.97. The van der Waals surface area contributed by atoms with E-state index >= 15 is 0 Å². The van der Waals surface area contributed by atoms with Gasteiger partial charge in [0.1, 0.15) is 6.10 Å². The van der Waals surface area contributed by atoms with Crippen LogP contribution in [0.4, 0.5) is 0 Å². The van der Waals surface area contributed by atoms with Gasteiger partial charge in [0, 0.05) is 18.6 Å². The molecule has 0 aromatic rings. The predicted octanol–water partition coefficient (Wildman–Crippen LogP) is 1.57. The molecule has 0 aromatic heterocycles. The van der Waals surface area contributed by atoms with E-state index in [2.05, 4.69) is 13.5 Å². The summed E-state index contributed by atoms with van der Waals surface area (Å²) in [6.07, 6.45) is 1.27. The standard InChI is InChI=1S/C15H22O4/c1-8(5-4-6-16)12-9(2)7-11-13(14(12)17)10(3)15(18)19-11/h8,11,13-14,16-17H,3-7H2,1-2H3/t8-,11+,13+,14?/m0/s1. The third-order valence-corrected chi connectivity index (χ3v) is 4.31. The van der Waals surface area contributed by atoms with Crippen LogP contribution in [-0.4, -0.2) is 35.0 Å². The predicted molar refractivity (Wildman–Crippen MR) is 71.3 cm³/mol. The van der Waals surface area contributed by atoms with Crippen molar-refractivity contribution in [2.45, 2.75) is 45.3 Å². The van der Waals surface area contributed by atoms with Crippen molar-refractivity contribution in [3.8, 4) is 0 Å². The normalized spacial score (nSPS) is 32.3. The molecule has 4 atom stereocenters. The molecule has 2 rings (SSSR count). The van der Waals surface area contributed by atoms with Gasteiger partial charge < -0.3 is 14.9 Å². The molecule has 4 heteroatoms. The maximum Gasteiger partial charge on any atom is 0.334 e. The van der Waals surface area contributed by atoms with Gasteiger partial charge in [-0.3, -0.25) is 0 Å². The molecule has 2 N–H and O–H groups in total. The Balaban J connectivity index is 2.22. The van der Waals surface area contributed by atoms with Gasteiger partial charge in [-0.25, -0.2) is 4.79 Å². The quantitative estimate of drug-likeness (QED) is 0.460. The summed E-state index contributed by atoms with van der Waals surface area (Å²) >= 11 is 0. The van der Waals surface area contributed by atoms with Crippen LogP contribution < -0.4 is 0 Å². The molecule has 1 heterocycles. The Labute approximate surface area is 113 Å². The fraction of sp³-hybridized carbons (Fsp3) is 0.667. The van der Waals surface area contributed by atoms with Gasteiger partial charge in [0.05, 0.1) is 12.0 Å². The molecular weight excluding hydrogens is 244 g/mol. The van der Waals surface area contributed by atoms with Crippen LogP contribution in [0.3, 0.4) is 0 Å². The topological polar surface area (TPSA) is 66.8 Å². The molecule has 2 aliphatic rings. The van der Waals surface area contributed by atoms with E-state index in [-0.39, 0.29) is 30.5 Å². The summed E-state index contributed by atoms with van der Waals surface area (Å²) in [6, 6.07) is 0. The molecule has 1 aliphatic heterocycles. The first-order valence-electron chi connectivity index (χ1n) is 6.85. The lowest BCUT2D eigenvalue weighted by molar-refractivity contribution is -0.139. The molecule has 0 radical (unpaired) electrons. The number of carbonyl (C=O) groups excluding carboxylic acids is 1. The lowest BCUT2D eigenvalue weighted by Gasteiger charge is -2.35. The second kappa shape index (κ2) is 5.47. The first-order valence-corrected chi connectivity index (χ1v) is 6.85. The average Bonchev–Trinajstić information content (AvgIpc) is 2.62. The van der Waals surface area contributed by atoms with Gasteiger partial charge in [0.15, 0.2) is 0 Å². The van der Waals surface area contributed by atoms with Crippen molar-refractivity contribution < 1.29 is 19.7 Å². The summed E-state index contributed by atoms with van der Waals surface area (Å²) < 4.78 is 5.25. The monoisotopic (exact) mass is 266 g/mol. The van der Waals surface area contributed by atoms with E-state index in [1.807, 2.05) is 6.92 Å². The fourth-order valence-electron chi connectivity index (χ4n) is 3.34. The molecule has 0 aromatic carbocycles. The summed E-state index contributed by atoms with van der Waals surface area (Å²) in [5, 5.41) is 19.5. The zero-order valence-electron chi connectivity index (χ0n) is 11.6. The number of carbonyl (C=O) groups is 1. The molecule has 1 fully saturated rings. The van der Waals surface area contributed by atoms with E-state index in [0.717, 1.165) is 24.0 Å². The van der Waals surface area contributed by atoms with Crippen LogP contribution in [0.2, 0.25) is 0 Å². The van der Waals surface area contributed by atoms with E-state index in [1.165, 1.54) is 0 Å². The molecule has 0 bridgehead atoms. The SMILES string of the molecule is C=C1C(=O)O[C@@H]2CC(C)=C([C@@H](C)CCCO)C(O)[C@H]12. The Morgan fingerprint density at radius 1 is 1.53 bits per heavy atom. The highest BCUT2D eigenvalue weighted by atomic mass is 16.6. The summed E-state index contributed by atoms with van der Waals surface area (Å²) in [6.45, 7) is 7.95. The van der Waals surface area contributed by atoms with Crippen LogP contribution in [0, 0.1) is 11.8 Å². The third kappa shape index (κ3) is 2.47. The Morgan fingerprint density at radius 2 is 2.21 bits per heavy atom. The van der Waals surface area contributed by atoms with Gasteiger partial charge in [-0.2, -0.15) is 0 Å². The van der Waals surface area contributed by atoms with Crippen LogP contribution in [-0.2, 0) is 9.53 Å². The minimum absolute atomic E-state index is 0.160. The van der Waals surface area contributed by atoms with Crippen molar-refractivity contribution in [3.05, 3.63) is 23.3 Å². The second-order valence-electron chi connectivity index (χ2n) is 5.65. The first kappa shape index (κ1) is 14.3. The lowest BCUT2D eigenvalue weighted by atomic mass is 9.73. The number of ether oxygens (including phenoxy) is 1. The molecule has 4 nitrogen and oxygen atoms in total. The van der Waals surface area contributed by atoms with E-state index in [4.69, 9.17) is 9.84 Å². The van der Waals surface area contributed by atoms with E-state index in [1.54, 1.807) is 0 Å². The van der Waals surface area contributed by atoms with Gasteiger partial charge in [-0.1, -0.05) is 19.1 Å². The van der Waals surface area contributed by atoms with E-state index in [9.17, 15) is 9.90 Å². The van der Waals surface area contributed by atoms with Crippen LogP contribution in [0.15, 0.2) is 23.3 Å². The highest BCUT2D eigenvalue weighted by Crippen LogP contribution is 2.43. The number of aliphatic hydroxyl groups is 2. The number of hydrogen-bond acceptors (Lipinski definition) is 4. The third-order valence-electron chi connectivity index (χ3n) is 4.31. The maximum atomic E-state index is 11.6. The average molecular weight is 266 g/mol. The second-order valence-corrected chi connectivity index (χ2v) is 5.65. The smallest absolute Gasteiger partial charge is 0.334 e. The molecular formula is C15H22O4. The van der Waals surface area contributed by atoms with Gasteiger partial charge in [-0.05, 0) is 31.3 Å². The summed E-state index contributed by atoms with van der Waals surface area (Å²) in [5.74, 6) is -0.486. The molecule has 1 unspecified atom stereocenters. The highest BCUT2D eigenvalue weighted by Gasteiger charge is 2.47. The lowest BCUT2D eigenvalue weighted by Crippen LogP contribution is -2.37. The van der Waals surface area contributed by atoms with Crippen molar-refractivity contribution in [2.75, 3.05) is 6.61 Å². The van der Waals surface area contributed by atoms with Gasteiger partial charge in [0.25, 0.3) is 0 Å². The Hall–Kier alpha value is -1.13. The molecule has 106 valence electrons. The zero-order valence-corrected chi connectivity index (χ0v) is 11.6. The molecule has 19 heavy (non-hydrogen) atoms. The summed E-state index contributed by atoms with van der Waals surface area (Å²) in [4.78, 5) is 11.6. The number of aliphatic hydroxyl groups excluding tert-OH is 2. The Bertz CT molecular complexity index is 424. The van der Waals surface area contributed by atoms with Crippen molar-refractivity contribution >= 4 is 5.97 Å². The van der Waals surface area contributed by atoms with Crippen molar-refractivity contribution in [1.82, 2.24) is 0 Å². The molecule has 0 saturated carbocycles. The summed E-state index contributed by atoms with van der Waals surface area (Å²) in [5.41, 5.74) is 2.48. The maximum absolute atomic E-state index is 11.6.